The van der Waals surface area contributed by atoms with Gasteiger partial charge in [0.05, 0.1) is 50.0 Å². The molecule has 2 aliphatic rings. The van der Waals surface area contributed by atoms with E-state index in [4.69, 9.17) is 64.2 Å². The van der Waals surface area contributed by atoms with Crippen molar-refractivity contribution in [3.63, 3.8) is 0 Å². The van der Waals surface area contributed by atoms with Gasteiger partial charge in [0.1, 0.15) is 11.2 Å². The van der Waals surface area contributed by atoms with Crippen molar-refractivity contribution in [2.24, 2.45) is 0 Å². The van der Waals surface area contributed by atoms with Crippen molar-refractivity contribution in [2.75, 3.05) is 0 Å². The molecule has 8 heterocycles. The summed E-state index contributed by atoms with van der Waals surface area (Å²) in [6, 6.07) is 158. The number of fused-ring (bicyclic) bond motifs is 20. The van der Waals surface area contributed by atoms with Gasteiger partial charge in [0.2, 0.25) is 0 Å². The van der Waals surface area contributed by atoms with Gasteiger partial charge >= 0.3 is 0 Å². The molecule has 16 heteroatoms. The van der Waals surface area contributed by atoms with Gasteiger partial charge in [0, 0.05) is 121 Å². The highest BCUT2D eigenvalue weighted by Crippen LogP contribution is 2.56. The standard InChI is InChI=1S/C66H40N8O.C66H47N7/c1-5-20-41(21-6-1)61-67-62(42-22-7-2-8-23-42)71-66(70-61)51-40-44(64-68-63(43-24-9-3-10-25-43)69-65(72-64)50-32-19-31-47-46-28-15-18-35-57(46)75-60(47)50)36-37-54(51)74-53-34-17-14-30-49(53)59-56(74)39-38-55-58(59)48-29-13-16-33-52(48)73(55)45-26-11-4-12-27-45;1-65(2)51-30-18-15-27-47(51)57-52(65)35-37-56-58(57)48-28-16-19-31-54(48)73(56)55-36-33-43(38-49(55)64-71-60(41-22-10-6-11-23-41)67-61(72-64)42-24-12-7-13-25-42)62-68-59(40-20-8-5-9-21-40)69-63(70-62)44-32-34-46-45-26-14-17-29-50(45)66(3,4)53(46)39-44/h1-40H;5-39H,1-4H3. The largest absolute Gasteiger partial charge is 0.455 e. The van der Waals surface area contributed by atoms with Crippen LogP contribution in [0.1, 0.15) is 49.9 Å². The lowest BCUT2D eigenvalue weighted by molar-refractivity contribution is 0.660. The Morgan fingerprint density at radius 3 is 0.946 bits per heavy atom. The number of nitrogens with zero attached hydrogens (tertiary/aromatic N) is 15. The van der Waals surface area contributed by atoms with Gasteiger partial charge in [0.15, 0.2) is 69.9 Å². The van der Waals surface area contributed by atoms with Gasteiger partial charge in [-0.1, -0.05) is 380 Å². The molecule has 27 aromatic rings. The van der Waals surface area contributed by atoms with Crippen LogP contribution in [0.25, 0.3) is 263 Å². The topological polar surface area (TPSA) is 183 Å². The fourth-order valence-electron chi connectivity index (χ4n) is 22.6. The second-order valence-corrected chi connectivity index (χ2v) is 38.9. The van der Waals surface area contributed by atoms with E-state index in [1.165, 1.54) is 66.1 Å². The summed E-state index contributed by atoms with van der Waals surface area (Å²) >= 11 is 0. The molecule has 16 nitrogen and oxygen atoms in total. The fourth-order valence-corrected chi connectivity index (χ4v) is 22.6. The molecular weight excluding hydrogens is 1810 g/mol. The molecule has 2 aliphatic carbocycles. The molecule has 0 saturated carbocycles. The molecule has 29 rings (SSSR count). The Balaban J connectivity index is 0.000000143. The summed E-state index contributed by atoms with van der Waals surface area (Å²) in [6.07, 6.45) is 0. The van der Waals surface area contributed by atoms with Crippen LogP contribution < -0.4 is 0 Å². The van der Waals surface area contributed by atoms with Crippen LogP contribution in [0.3, 0.4) is 0 Å². The monoisotopic (exact) mass is 1900 g/mol. The average molecular weight is 1900 g/mol. The van der Waals surface area contributed by atoms with Crippen molar-refractivity contribution < 1.29 is 4.42 Å². The zero-order valence-electron chi connectivity index (χ0n) is 80.9. The van der Waals surface area contributed by atoms with Crippen LogP contribution >= 0.6 is 0 Å². The Kier molecular flexibility index (Phi) is 20.2. The Bertz CT molecular complexity index is 9930. The Hall–Kier alpha value is -19.6. The minimum atomic E-state index is -0.195. The predicted octanol–water partition coefficient (Wildman–Crippen LogP) is 31.9. The van der Waals surface area contributed by atoms with E-state index in [-0.39, 0.29) is 10.8 Å². The highest BCUT2D eigenvalue weighted by molar-refractivity contribution is 6.29. The predicted molar refractivity (Wildman–Crippen MR) is 597 cm³/mol. The fraction of sp³-hybridized carbons (Fsp3) is 0.0455. The van der Waals surface area contributed by atoms with Crippen molar-refractivity contribution in [3.8, 4) is 176 Å². The Morgan fingerprint density at radius 1 is 0.182 bits per heavy atom. The molecular formula is C132H87N15O. The highest BCUT2D eigenvalue weighted by Gasteiger charge is 2.40. The lowest BCUT2D eigenvalue weighted by atomic mass is 9.82. The Labute approximate surface area is 851 Å². The zero-order chi connectivity index (χ0) is 98.4. The van der Waals surface area contributed by atoms with Crippen LogP contribution in [0.15, 0.2) is 459 Å². The molecule has 19 aromatic carbocycles. The van der Waals surface area contributed by atoms with Crippen molar-refractivity contribution in [1.82, 2.24) is 73.5 Å². The molecule has 696 valence electrons. The van der Waals surface area contributed by atoms with Crippen LogP contribution in [0.5, 0.6) is 0 Å². The van der Waals surface area contributed by atoms with E-state index in [9.17, 15) is 0 Å². The maximum Gasteiger partial charge on any atom is 0.167 e. The third kappa shape index (κ3) is 14.3. The SMILES string of the molecule is CC1(C)c2ccccc2-c2ccc(-c3nc(-c4ccccc4)nc(-c4ccc(-n5c6ccccc6c6c7c(ccc65)C(C)(C)c5ccccc5-7)c(-c5nc(-c6ccccc6)nc(-c6ccccc6)n5)c4)n3)cc21.c1ccc(-c2nc(-c3ccccc3)nc(-c3cc(-c4nc(-c5ccccc5)nc(-c5cccc6c5oc5ccccc56)n4)ccc3-n3c4ccccc4c4c5c6ccccc6n(-c6ccccc6)c5ccc43)n2)cc1. The molecule has 0 radical (unpaired) electrons. The first kappa shape index (κ1) is 86.3. The Morgan fingerprint density at radius 2 is 0.486 bits per heavy atom. The lowest BCUT2D eigenvalue weighted by Crippen LogP contribution is -2.15. The number of benzene rings is 19. The quantitative estimate of drug-likeness (QED) is 0.0946. The first-order chi connectivity index (χ1) is 72.9. The summed E-state index contributed by atoms with van der Waals surface area (Å²) in [6.45, 7) is 9.29. The number of rotatable bonds is 15. The van der Waals surface area contributed by atoms with Crippen molar-refractivity contribution >= 4 is 87.4 Å². The highest BCUT2D eigenvalue weighted by atomic mass is 16.3. The molecule has 0 saturated heterocycles. The number of furan rings is 1. The number of aromatic nitrogens is 15. The molecule has 0 spiro atoms. The summed E-state index contributed by atoms with van der Waals surface area (Å²) in [4.78, 5) is 63.4. The van der Waals surface area contributed by atoms with Gasteiger partial charge in [0.25, 0.3) is 0 Å². The third-order valence-electron chi connectivity index (χ3n) is 29.6. The molecule has 0 atom stereocenters. The molecule has 0 amide bonds. The molecule has 0 fully saturated rings. The third-order valence-corrected chi connectivity index (χ3v) is 29.6. The second-order valence-electron chi connectivity index (χ2n) is 38.9. The van der Waals surface area contributed by atoms with Gasteiger partial charge in [-0.2, -0.15) is 0 Å². The van der Waals surface area contributed by atoms with Crippen molar-refractivity contribution in [3.05, 3.63) is 477 Å². The number of hydrogen-bond acceptors (Lipinski definition) is 13. The first-order valence-corrected chi connectivity index (χ1v) is 49.9. The first-order valence-electron chi connectivity index (χ1n) is 49.9. The summed E-state index contributed by atoms with van der Waals surface area (Å²) in [5.41, 5.74) is 31.0. The smallest absolute Gasteiger partial charge is 0.167 e. The zero-order valence-corrected chi connectivity index (χ0v) is 80.9. The van der Waals surface area contributed by atoms with Gasteiger partial charge in [-0.3, -0.25) is 0 Å². The lowest BCUT2D eigenvalue weighted by Gasteiger charge is -2.21. The maximum atomic E-state index is 6.58. The summed E-state index contributed by atoms with van der Waals surface area (Å²) in [5, 5.41) is 9.07. The normalized spacial score (nSPS) is 12.7. The summed E-state index contributed by atoms with van der Waals surface area (Å²) in [5.74, 6) is 6.54. The summed E-state index contributed by atoms with van der Waals surface area (Å²) < 4.78 is 13.7. The average Bonchev–Trinajstić information content (AvgIpc) is 1.55. The van der Waals surface area contributed by atoms with Gasteiger partial charge in [-0.15, -0.1) is 0 Å². The summed E-state index contributed by atoms with van der Waals surface area (Å²) in [7, 11) is 0. The van der Waals surface area contributed by atoms with Gasteiger partial charge in [-0.05, 0) is 148 Å². The van der Waals surface area contributed by atoms with Crippen LogP contribution in [0.2, 0.25) is 0 Å². The van der Waals surface area contributed by atoms with E-state index >= 15 is 0 Å². The van der Waals surface area contributed by atoms with Gasteiger partial charge < -0.3 is 18.1 Å². The van der Waals surface area contributed by atoms with E-state index in [1.54, 1.807) is 0 Å². The maximum absolute atomic E-state index is 6.58. The molecule has 148 heavy (non-hydrogen) atoms. The minimum Gasteiger partial charge on any atom is -0.455 e. The van der Waals surface area contributed by atoms with Gasteiger partial charge in [-0.25, -0.2) is 59.8 Å². The van der Waals surface area contributed by atoms with Crippen molar-refractivity contribution in [1.29, 1.82) is 0 Å². The molecule has 0 aliphatic heterocycles. The van der Waals surface area contributed by atoms with Crippen LogP contribution in [-0.2, 0) is 10.8 Å². The minimum absolute atomic E-state index is 0.161. The van der Waals surface area contributed by atoms with E-state index in [0.717, 1.165) is 144 Å². The van der Waals surface area contributed by atoms with Crippen molar-refractivity contribution in [2.45, 2.75) is 38.5 Å². The molecule has 0 unspecified atom stereocenters. The van der Waals surface area contributed by atoms with E-state index in [1.807, 2.05) is 200 Å². The van der Waals surface area contributed by atoms with Crippen LogP contribution in [0.4, 0.5) is 0 Å². The van der Waals surface area contributed by atoms with Crippen LogP contribution in [0, 0.1) is 0 Å². The molecule has 0 bridgehead atoms. The number of para-hydroxylation sites is 6. The van der Waals surface area contributed by atoms with E-state index in [0.29, 0.717) is 75.5 Å². The van der Waals surface area contributed by atoms with E-state index in [2.05, 4.69) is 296 Å². The number of hydrogen-bond donors (Lipinski definition) is 0. The second kappa shape index (κ2) is 34.7. The molecule has 0 N–H and O–H groups in total. The molecule has 8 aromatic heterocycles. The van der Waals surface area contributed by atoms with Crippen LogP contribution in [-0.4, -0.2) is 73.5 Å². The van der Waals surface area contributed by atoms with E-state index < -0.39 is 0 Å².